The van der Waals surface area contributed by atoms with Gasteiger partial charge in [-0.25, -0.2) is 8.78 Å². The maximum atomic E-state index is 14.0. The molecule has 1 aromatic carbocycles. The highest BCUT2D eigenvalue weighted by atomic mass is 19.4. The van der Waals surface area contributed by atoms with Crippen molar-refractivity contribution >= 4 is 5.69 Å². The number of hydrogen-bond acceptors (Lipinski definition) is 2. The fraction of sp³-hybridized carbons (Fsp3) is 0.571. The summed E-state index contributed by atoms with van der Waals surface area (Å²) < 4.78 is 65.2. The smallest absolute Gasteiger partial charge is 0.358 e. The summed E-state index contributed by atoms with van der Waals surface area (Å²) in [6.45, 7) is 2.81. The average Bonchev–Trinajstić information content (AvgIpc) is 2.35. The fourth-order valence-electron chi connectivity index (χ4n) is 2.00. The second-order valence-electron chi connectivity index (χ2n) is 4.71. The van der Waals surface area contributed by atoms with E-state index in [-0.39, 0.29) is 13.1 Å². The van der Waals surface area contributed by atoms with Crippen molar-refractivity contribution in [3.63, 3.8) is 0 Å². The van der Waals surface area contributed by atoms with Crippen LogP contribution in [0.15, 0.2) is 12.1 Å². The Morgan fingerprint density at radius 2 is 1.67 bits per heavy atom. The van der Waals surface area contributed by atoms with Crippen LogP contribution >= 0.6 is 0 Å². The molecule has 1 aromatic rings. The Labute approximate surface area is 120 Å². The first-order valence-electron chi connectivity index (χ1n) is 6.78. The Kier molecular flexibility index (Phi) is 6.39. The molecule has 0 spiro atoms. The van der Waals surface area contributed by atoms with Gasteiger partial charge in [-0.1, -0.05) is 6.92 Å². The van der Waals surface area contributed by atoms with Crippen LogP contribution in [-0.2, 0) is 6.54 Å². The van der Waals surface area contributed by atoms with Crippen LogP contribution in [0.5, 0.6) is 0 Å². The van der Waals surface area contributed by atoms with Crippen molar-refractivity contribution in [1.82, 2.24) is 5.32 Å². The third-order valence-corrected chi connectivity index (χ3v) is 2.90. The lowest BCUT2D eigenvalue weighted by atomic mass is 10.1. The van der Waals surface area contributed by atoms with E-state index < -0.39 is 30.0 Å². The van der Waals surface area contributed by atoms with Crippen molar-refractivity contribution in [1.29, 1.82) is 0 Å². The number of anilines is 1. The summed E-state index contributed by atoms with van der Waals surface area (Å²) in [7, 11) is 0. The number of halogens is 5. The van der Waals surface area contributed by atoms with E-state index in [2.05, 4.69) is 5.32 Å². The number of hydrogen-bond donors (Lipinski definition) is 1. The van der Waals surface area contributed by atoms with Crippen LogP contribution in [0.3, 0.4) is 0 Å². The predicted octanol–water partition coefficient (Wildman–Crippen LogP) is 3.85. The molecule has 0 atom stereocenters. The number of nitrogens with one attached hydrogen (secondary N) is 1. The van der Waals surface area contributed by atoms with Crippen molar-refractivity contribution in [3.8, 4) is 0 Å². The van der Waals surface area contributed by atoms with Gasteiger partial charge >= 0.3 is 6.18 Å². The molecule has 120 valence electrons. The molecule has 0 heterocycles. The molecule has 0 fully saturated rings. The van der Waals surface area contributed by atoms with E-state index >= 15 is 0 Å². The normalized spacial score (nSPS) is 11.8. The van der Waals surface area contributed by atoms with Crippen LogP contribution in [-0.4, -0.2) is 25.8 Å². The summed E-state index contributed by atoms with van der Waals surface area (Å²) in [5, 5.41) is 2.98. The van der Waals surface area contributed by atoms with Gasteiger partial charge in [-0.3, -0.25) is 0 Å². The third-order valence-electron chi connectivity index (χ3n) is 2.90. The summed E-state index contributed by atoms with van der Waals surface area (Å²) >= 11 is 0. The van der Waals surface area contributed by atoms with Gasteiger partial charge in [0.25, 0.3) is 0 Å². The van der Waals surface area contributed by atoms with E-state index in [1.165, 1.54) is 6.92 Å². The minimum absolute atomic E-state index is 0.138. The molecule has 0 aliphatic carbocycles. The fourth-order valence-corrected chi connectivity index (χ4v) is 2.00. The molecule has 0 aliphatic rings. The molecular formula is C14H19F5N2. The number of rotatable bonds is 7. The predicted molar refractivity (Wildman–Crippen MR) is 72.3 cm³/mol. The van der Waals surface area contributed by atoms with E-state index in [0.29, 0.717) is 17.0 Å². The molecule has 0 unspecified atom stereocenters. The molecule has 0 saturated heterocycles. The van der Waals surface area contributed by atoms with Gasteiger partial charge in [0.05, 0.1) is 0 Å². The second-order valence-corrected chi connectivity index (χ2v) is 4.71. The highest BCUT2D eigenvalue weighted by Gasteiger charge is 2.32. The van der Waals surface area contributed by atoms with Crippen LogP contribution < -0.4 is 10.2 Å². The molecule has 2 nitrogen and oxygen atoms in total. The van der Waals surface area contributed by atoms with Gasteiger partial charge in [0.15, 0.2) is 0 Å². The zero-order valence-electron chi connectivity index (χ0n) is 12.0. The average molecular weight is 310 g/mol. The Morgan fingerprint density at radius 1 is 1.10 bits per heavy atom. The summed E-state index contributed by atoms with van der Waals surface area (Å²) in [4.78, 5) is 0.647. The van der Waals surface area contributed by atoms with Gasteiger partial charge in [-0.05, 0) is 37.6 Å². The summed E-state index contributed by atoms with van der Waals surface area (Å²) in [5.74, 6) is -1.95. The lowest BCUT2D eigenvalue weighted by Crippen LogP contribution is -2.35. The molecule has 7 heteroatoms. The Balaban J connectivity index is 2.97. The van der Waals surface area contributed by atoms with Gasteiger partial charge in [-0.15, -0.1) is 0 Å². The van der Waals surface area contributed by atoms with E-state index in [0.717, 1.165) is 18.6 Å². The topological polar surface area (TPSA) is 15.3 Å². The van der Waals surface area contributed by atoms with Crippen LogP contribution in [0.4, 0.5) is 27.6 Å². The van der Waals surface area contributed by atoms with Gasteiger partial charge in [0.2, 0.25) is 0 Å². The summed E-state index contributed by atoms with van der Waals surface area (Å²) in [6.07, 6.45) is -3.64. The third kappa shape index (κ3) is 5.49. The van der Waals surface area contributed by atoms with Gasteiger partial charge in [0.1, 0.15) is 23.9 Å². The summed E-state index contributed by atoms with van der Waals surface area (Å²) in [5.41, 5.74) is -0.265. The molecule has 0 amide bonds. The Bertz CT molecular complexity index is 436. The number of alkyl halides is 3. The van der Waals surface area contributed by atoms with Crippen LogP contribution in [0.2, 0.25) is 0 Å². The van der Waals surface area contributed by atoms with Gasteiger partial charge in [-0.2, -0.15) is 13.2 Å². The van der Waals surface area contributed by atoms with Crippen molar-refractivity contribution < 1.29 is 22.0 Å². The first-order valence-corrected chi connectivity index (χ1v) is 6.78. The lowest BCUT2D eigenvalue weighted by Gasteiger charge is -2.25. The maximum Gasteiger partial charge on any atom is 0.405 e. The molecule has 1 rings (SSSR count). The lowest BCUT2D eigenvalue weighted by molar-refractivity contribution is -0.119. The van der Waals surface area contributed by atoms with Crippen molar-refractivity contribution in [2.24, 2.45) is 0 Å². The SMILES string of the molecule is CCCNCc1cc(F)c(N(CC)CC(F)(F)F)c(F)c1. The van der Waals surface area contributed by atoms with Crippen LogP contribution in [0.25, 0.3) is 0 Å². The first kappa shape index (κ1) is 17.7. The first-order chi connectivity index (χ1) is 9.78. The molecule has 21 heavy (non-hydrogen) atoms. The monoisotopic (exact) mass is 310 g/mol. The quantitative estimate of drug-likeness (QED) is 0.608. The van der Waals surface area contributed by atoms with E-state index in [4.69, 9.17) is 0 Å². The van der Waals surface area contributed by atoms with E-state index in [9.17, 15) is 22.0 Å². The largest absolute Gasteiger partial charge is 0.405 e. The van der Waals surface area contributed by atoms with Crippen molar-refractivity contribution in [2.45, 2.75) is 33.0 Å². The zero-order valence-corrected chi connectivity index (χ0v) is 12.0. The standard InChI is InChI=1S/C14H19F5N2/c1-3-5-20-8-10-6-11(15)13(12(16)7-10)21(4-2)9-14(17,18)19/h6-7,20H,3-5,8-9H2,1-2H3. The Morgan fingerprint density at radius 3 is 2.10 bits per heavy atom. The van der Waals surface area contributed by atoms with Crippen LogP contribution in [0.1, 0.15) is 25.8 Å². The Hall–Kier alpha value is -1.37. The van der Waals surface area contributed by atoms with Crippen LogP contribution in [0, 0.1) is 11.6 Å². The molecule has 1 N–H and O–H groups in total. The van der Waals surface area contributed by atoms with E-state index in [1.54, 1.807) is 0 Å². The minimum Gasteiger partial charge on any atom is -0.358 e. The highest BCUT2D eigenvalue weighted by Crippen LogP contribution is 2.28. The maximum absolute atomic E-state index is 14.0. The summed E-state index contributed by atoms with van der Waals surface area (Å²) in [6, 6.07) is 2.14. The van der Waals surface area contributed by atoms with Crippen molar-refractivity contribution in [2.75, 3.05) is 24.5 Å². The second kappa shape index (κ2) is 7.59. The van der Waals surface area contributed by atoms with Crippen molar-refractivity contribution in [3.05, 3.63) is 29.3 Å². The zero-order chi connectivity index (χ0) is 16.0. The van der Waals surface area contributed by atoms with Gasteiger partial charge in [0, 0.05) is 13.1 Å². The molecule has 0 aromatic heterocycles. The highest BCUT2D eigenvalue weighted by molar-refractivity contribution is 5.51. The molecule has 0 saturated carbocycles. The number of benzene rings is 1. The molecule has 0 aliphatic heterocycles. The van der Waals surface area contributed by atoms with E-state index in [1.807, 2.05) is 6.92 Å². The minimum atomic E-state index is -4.52. The van der Waals surface area contributed by atoms with Gasteiger partial charge < -0.3 is 10.2 Å². The number of nitrogens with zero attached hydrogens (tertiary/aromatic N) is 1. The molecule has 0 radical (unpaired) electrons. The molecular weight excluding hydrogens is 291 g/mol. The molecule has 0 bridgehead atoms.